The molecule has 1 heterocycles. The van der Waals surface area contributed by atoms with E-state index in [1.165, 1.54) is 0 Å². The van der Waals surface area contributed by atoms with Crippen molar-refractivity contribution >= 4 is 0 Å². The molecule has 0 saturated carbocycles. The van der Waals surface area contributed by atoms with Gasteiger partial charge in [-0.25, -0.2) is 0 Å². The molecular formula is C9H20N2O. The van der Waals surface area contributed by atoms with Crippen molar-refractivity contribution in [1.82, 2.24) is 5.32 Å². The topological polar surface area (TPSA) is 47.3 Å². The summed E-state index contributed by atoms with van der Waals surface area (Å²) in [7, 11) is 0. The molecule has 0 aromatic heterocycles. The zero-order chi connectivity index (χ0) is 8.97. The van der Waals surface area contributed by atoms with Crippen molar-refractivity contribution in [2.45, 2.75) is 32.4 Å². The van der Waals surface area contributed by atoms with Crippen LogP contribution in [0, 0.1) is 5.92 Å². The van der Waals surface area contributed by atoms with Crippen molar-refractivity contribution in [3.63, 3.8) is 0 Å². The highest BCUT2D eigenvalue weighted by Crippen LogP contribution is 2.11. The van der Waals surface area contributed by atoms with Crippen LogP contribution in [-0.2, 0) is 4.74 Å². The van der Waals surface area contributed by atoms with Gasteiger partial charge in [-0.2, -0.15) is 0 Å². The van der Waals surface area contributed by atoms with Crippen molar-refractivity contribution in [3.8, 4) is 0 Å². The Morgan fingerprint density at radius 2 is 2.25 bits per heavy atom. The van der Waals surface area contributed by atoms with E-state index in [9.17, 15) is 0 Å². The normalized spacial score (nSPS) is 30.0. The quantitative estimate of drug-likeness (QED) is 0.643. The van der Waals surface area contributed by atoms with Gasteiger partial charge in [0.2, 0.25) is 0 Å². The summed E-state index contributed by atoms with van der Waals surface area (Å²) < 4.78 is 5.47. The van der Waals surface area contributed by atoms with E-state index in [0.29, 0.717) is 18.1 Å². The second-order valence-electron chi connectivity index (χ2n) is 3.79. The SMILES string of the molecule is CC(C)OCC[C@@H]1CNC[C@@H]1N. The van der Waals surface area contributed by atoms with Gasteiger partial charge in [0.1, 0.15) is 0 Å². The van der Waals surface area contributed by atoms with Crippen LogP contribution in [0.3, 0.4) is 0 Å². The van der Waals surface area contributed by atoms with Gasteiger partial charge in [0.05, 0.1) is 6.10 Å². The summed E-state index contributed by atoms with van der Waals surface area (Å²) in [6.07, 6.45) is 1.43. The minimum absolute atomic E-state index is 0.334. The van der Waals surface area contributed by atoms with Crippen molar-refractivity contribution in [3.05, 3.63) is 0 Å². The summed E-state index contributed by atoms with van der Waals surface area (Å²) in [5, 5.41) is 3.28. The largest absolute Gasteiger partial charge is 0.379 e. The highest BCUT2D eigenvalue weighted by Gasteiger charge is 2.22. The molecule has 1 rings (SSSR count). The van der Waals surface area contributed by atoms with Gasteiger partial charge in [-0.15, -0.1) is 0 Å². The second-order valence-corrected chi connectivity index (χ2v) is 3.79. The van der Waals surface area contributed by atoms with Gasteiger partial charge in [0.15, 0.2) is 0 Å². The van der Waals surface area contributed by atoms with Gasteiger partial charge in [-0.3, -0.25) is 0 Å². The van der Waals surface area contributed by atoms with E-state index in [2.05, 4.69) is 19.2 Å². The zero-order valence-electron chi connectivity index (χ0n) is 8.05. The molecule has 0 amide bonds. The van der Waals surface area contributed by atoms with Crippen molar-refractivity contribution < 1.29 is 4.74 Å². The Bertz CT molecular complexity index is 128. The van der Waals surface area contributed by atoms with Crippen LogP contribution in [0.25, 0.3) is 0 Å². The third-order valence-electron chi connectivity index (χ3n) is 2.33. The summed E-state index contributed by atoms with van der Waals surface area (Å²) in [4.78, 5) is 0. The molecular weight excluding hydrogens is 152 g/mol. The first-order valence-corrected chi connectivity index (χ1v) is 4.78. The third kappa shape index (κ3) is 3.09. The van der Waals surface area contributed by atoms with Gasteiger partial charge in [-0.1, -0.05) is 0 Å². The minimum atomic E-state index is 0.334. The predicted octanol–water partition coefficient (Wildman–Crippen LogP) is 0.348. The highest BCUT2D eigenvalue weighted by atomic mass is 16.5. The summed E-state index contributed by atoms with van der Waals surface area (Å²) in [5.74, 6) is 0.615. The lowest BCUT2D eigenvalue weighted by Gasteiger charge is -2.14. The molecule has 1 fully saturated rings. The molecule has 3 nitrogen and oxygen atoms in total. The molecule has 72 valence electrons. The van der Waals surface area contributed by atoms with E-state index >= 15 is 0 Å². The molecule has 1 saturated heterocycles. The molecule has 2 atom stereocenters. The maximum atomic E-state index is 5.88. The van der Waals surface area contributed by atoms with Crippen LogP contribution in [0.1, 0.15) is 20.3 Å². The lowest BCUT2D eigenvalue weighted by molar-refractivity contribution is 0.0687. The molecule has 0 bridgehead atoms. The fourth-order valence-electron chi connectivity index (χ4n) is 1.52. The lowest BCUT2D eigenvalue weighted by Crippen LogP contribution is -2.29. The van der Waals surface area contributed by atoms with Gasteiger partial charge in [0.25, 0.3) is 0 Å². The maximum Gasteiger partial charge on any atom is 0.0518 e. The Labute approximate surface area is 74.7 Å². The summed E-state index contributed by atoms with van der Waals surface area (Å²) in [6.45, 7) is 6.99. The minimum Gasteiger partial charge on any atom is -0.379 e. The molecule has 0 radical (unpaired) electrons. The lowest BCUT2D eigenvalue weighted by atomic mass is 10.0. The smallest absolute Gasteiger partial charge is 0.0518 e. The van der Waals surface area contributed by atoms with Gasteiger partial charge >= 0.3 is 0 Å². The van der Waals surface area contributed by atoms with Crippen LogP contribution in [0.5, 0.6) is 0 Å². The molecule has 0 aliphatic carbocycles. The second kappa shape index (κ2) is 4.80. The Kier molecular flexibility index (Phi) is 3.98. The van der Waals surface area contributed by atoms with Gasteiger partial charge in [-0.05, 0) is 32.7 Å². The van der Waals surface area contributed by atoms with Gasteiger partial charge < -0.3 is 15.8 Å². The molecule has 0 spiro atoms. The highest BCUT2D eigenvalue weighted by molar-refractivity contribution is 4.83. The number of hydrogen-bond donors (Lipinski definition) is 2. The van der Waals surface area contributed by atoms with E-state index < -0.39 is 0 Å². The number of ether oxygens (including phenoxy) is 1. The molecule has 12 heavy (non-hydrogen) atoms. The molecule has 1 aliphatic rings. The standard InChI is InChI=1S/C9H20N2O/c1-7(2)12-4-3-8-5-11-6-9(8)10/h7-9,11H,3-6,10H2,1-2H3/t8-,9+/m1/s1. The number of rotatable bonds is 4. The van der Waals surface area contributed by atoms with Crippen molar-refractivity contribution in [2.75, 3.05) is 19.7 Å². The molecule has 3 N–H and O–H groups in total. The monoisotopic (exact) mass is 172 g/mol. The predicted molar refractivity (Wildman–Crippen MR) is 50.0 cm³/mol. The number of nitrogens with two attached hydrogens (primary N) is 1. The Hall–Kier alpha value is -0.120. The van der Waals surface area contributed by atoms with Crippen LogP contribution >= 0.6 is 0 Å². The third-order valence-corrected chi connectivity index (χ3v) is 2.33. The van der Waals surface area contributed by atoms with E-state index in [-0.39, 0.29) is 0 Å². The summed E-state index contributed by atoms with van der Waals surface area (Å²) in [6, 6.07) is 0.334. The molecule has 0 aromatic carbocycles. The molecule has 1 aliphatic heterocycles. The van der Waals surface area contributed by atoms with Gasteiger partial charge in [0, 0.05) is 19.2 Å². The first kappa shape index (κ1) is 9.96. The maximum absolute atomic E-state index is 5.88. The fraction of sp³-hybridized carbons (Fsp3) is 1.00. The fourth-order valence-corrected chi connectivity index (χ4v) is 1.52. The first-order chi connectivity index (χ1) is 5.70. The van der Waals surface area contributed by atoms with Crippen LogP contribution in [0.2, 0.25) is 0 Å². The van der Waals surface area contributed by atoms with E-state index in [0.717, 1.165) is 26.1 Å². The van der Waals surface area contributed by atoms with Crippen LogP contribution < -0.4 is 11.1 Å². The molecule has 3 heteroatoms. The molecule has 0 aromatic rings. The van der Waals surface area contributed by atoms with Crippen LogP contribution in [0.4, 0.5) is 0 Å². The summed E-state index contributed by atoms with van der Waals surface area (Å²) >= 11 is 0. The number of hydrogen-bond acceptors (Lipinski definition) is 3. The Morgan fingerprint density at radius 3 is 2.75 bits per heavy atom. The average Bonchev–Trinajstić information content (AvgIpc) is 2.36. The van der Waals surface area contributed by atoms with Crippen molar-refractivity contribution in [1.29, 1.82) is 0 Å². The Morgan fingerprint density at radius 1 is 1.50 bits per heavy atom. The first-order valence-electron chi connectivity index (χ1n) is 4.78. The van der Waals surface area contributed by atoms with E-state index in [1.54, 1.807) is 0 Å². The van der Waals surface area contributed by atoms with Crippen LogP contribution in [-0.4, -0.2) is 31.8 Å². The van der Waals surface area contributed by atoms with Crippen molar-refractivity contribution in [2.24, 2.45) is 11.7 Å². The number of nitrogens with one attached hydrogen (secondary N) is 1. The zero-order valence-corrected chi connectivity index (χ0v) is 8.05. The summed E-state index contributed by atoms with van der Waals surface area (Å²) in [5.41, 5.74) is 5.88. The van der Waals surface area contributed by atoms with E-state index in [1.807, 2.05) is 0 Å². The van der Waals surface area contributed by atoms with E-state index in [4.69, 9.17) is 10.5 Å². The molecule has 0 unspecified atom stereocenters. The average molecular weight is 172 g/mol. The van der Waals surface area contributed by atoms with Crippen LogP contribution in [0.15, 0.2) is 0 Å². The Balaban J connectivity index is 2.06.